The van der Waals surface area contributed by atoms with E-state index in [1.807, 2.05) is 12.3 Å². The lowest BCUT2D eigenvalue weighted by Gasteiger charge is -2.34. The third-order valence-electron chi connectivity index (χ3n) is 16.6. The zero-order chi connectivity index (χ0) is 52.0. The number of fused-ring (bicyclic) bond motifs is 20. The Morgan fingerprint density at radius 2 is 0.844 bits per heavy atom. The van der Waals surface area contributed by atoms with E-state index in [1.54, 1.807) is 0 Å². The van der Waals surface area contributed by atoms with Crippen molar-refractivity contribution in [2.75, 3.05) is 9.80 Å². The first kappa shape index (κ1) is 45.2. The van der Waals surface area contributed by atoms with Crippen LogP contribution in [-0.4, -0.2) is 4.98 Å². The van der Waals surface area contributed by atoms with Crippen LogP contribution in [0.1, 0.15) is 74.9 Å². The molecule has 0 unspecified atom stereocenters. The highest BCUT2D eigenvalue weighted by molar-refractivity contribution is 6.25. The van der Waals surface area contributed by atoms with Crippen molar-refractivity contribution in [1.82, 2.24) is 4.98 Å². The Balaban J connectivity index is 1.15. The van der Waals surface area contributed by atoms with Gasteiger partial charge in [-0.15, -0.1) is 0 Å². The Labute approximate surface area is 448 Å². The minimum Gasteiger partial charge on any atom is -0.455 e. The molecule has 0 amide bonds. The molecule has 0 fully saturated rings. The second-order valence-electron chi connectivity index (χ2n) is 23.0. The van der Waals surface area contributed by atoms with Crippen LogP contribution in [0.4, 0.5) is 34.1 Å². The first-order valence-electron chi connectivity index (χ1n) is 26.9. The summed E-state index contributed by atoms with van der Waals surface area (Å²) < 4.78 is 15.0. The van der Waals surface area contributed by atoms with Crippen LogP contribution >= 0.6 is 0 Å². The Morgan fingerprint density at radius 3 is 1.35 bits per heavy atom. The van der Waals surface area contributed by atoms with Crippen LogP contribution in [-0.2, 0) is 16.2 Å². The van der Waals surface area contributed by atoms with Gasteiger partial charge < -0.3 is 18.6 Å². The number of anilines is 6. The minimum absolute atomic E-state index is 0.0229. The first-order chi connectivity index (χ1) is 37.5. The van der Waals surface area contributed by atoms with E-state index >= 15 is 0 Å². The maximum absolute atomic E-state index is 7.51. The van der Waals surface area contributed by atoms with Crippen LogP contribution in [0.15, 0.2) is 233 Å². The van der Waals surface area contributed by atoms with Crippen LogP contribution in [0.5, 0.6) is 0 Å². The molecule has 10 aromatic carbocycles. The highest BCUT2D eigenvalue weighted by atomic mass is 16.3. The maximum atomic E-state index is 7.51. The van der Waals surface area contributed by atoms with Crippen LogP contribution in [0.2, 0.25) is 0 Å². The fourth-order valence-electron chi connectivity index (χ4n) is 13.1. The van der Waals surface area contributed by atoms with Gasteiger partial charge >= 0.3 is 0 Å². The zero-order valence-corrected chi connectivity index (χ0v) is 44.0. The van der Waals surface area contributed by atoms with Gasteiger partial charge in [0.15, 0.2) is 0 Å². The number of nitrogens with zero attached hydrogens (tertiary/aromatic N) is 3. The van der Waals surface area contributed by atoms with E-state index in [-0.39, 0.29) is 10.8 Å². The number of rotatable bonds is 6. The molecular formula is C72H55N3O2. The van der Waals surface area contributed by atoms with Crippen molar-refractivity contribution < 1.29 is 8.83 Å². The molecule has 77 heavy (non-hydrogen) atoms. The van der Waals surface area contributed by atoms with E-state index in [0.29, 0.717) is 0 Å². The molecule has 3 heterocycles. The Hall–Kier alpha value is -9.19. The molecule has 2 aliphatic carbocycles. The summed E-state index contributed by atoms with van der Waals surface area (Å²) in [5, 5.41) is 5.26. The SMILES string of the molecule is CC(C)(C)c1ccc(N(c2ccccc2)c2cc3c(c4oc5ccccc5c24)-c2c(cc(N(c4ccccc4)c4ccc(C(C)(C)C)cc4)c4c2oc2ccccc24)C32c3ccccc3-c3c2ccc2cccnc32)cc1. The fraction of sp³-hybridized carbons (Fsp3) is 0.125. The lowest BCUT2D eigenvalue weighted by molar-refractivity contribution is 0.590. The van der Waals surface area contributed by atoms with Crippen molar-refractivity contribution in [1.29, 1.82) is 0 Å². The summed E-state index contributed by atoms with van der Waals surface area (Å²) in [4.78, 5) is 10.1. The van der Waals surface area contributed by atoms with Crippen molar-refractivity contribution in [2.45, 2.75) is 57.8 Å². The normalized spacial score (nSPS) is 13.4. The standard InChI is InChI=1S/C72H55N3O2/c1-70(2,3)45-32-36-49(37-33-45)74(47-21-9-7-10-22-47)58-42-56-65(68-63(58)52-26-14-17-29-60(52)76-68)66-57(72(56)54-28-16-13-25-51(54)62-55(72)40-31-44-20-19-41-73-67(44)62)43-59(64-53-27-15-18-30-61(53)77-69(64)66)75(48-23-11-8-12-24-48)50-38-34-46(35-39-50)71(4,5)6/h7-43H,1-6H3. The number of hydrogen-bond acceptors (Lipinski definition) is 5. The molecule has 0 N–H and O–H groups in total. The number of aromatic nitrogens is 1. The Kier molecular flexibility index (Phi) is 9.63. The minimum atomic E-state index is -0.886. The van der Waals surface area contributed by atoms with Gasteiger partial charge in [0.1, 0.15) is 22.3 Å². The molecule has 0 radical (unpaired) electrons. The van der Waals surface area contributed by atoms with Crippen LogP contribution in [0.3, 0.4) is 0 Å². The van der Waals surface area contributed by atoms with Gasteiger partial charge in [-0.25, -0.2) is 0 Å². The molecule has 5 heteroatoms. The van der Waals surface area contributed by atoms with Gasteiger partial charge in [0.2, 0.25) is 0 Å². The van der Waals surface area contributed by atoms with Gasteiger partial charge in [0.05, 0.1) is 33.1 Å². The van der Waals surface area contributed by atoms with E-state index in [0.717, 1.165) is 117 Å². The van der Waals surface area contributed by atoms with E-state index in [2.05, 4.69) is 264 Å². The average molecular weight is 994 g/mol. The summed E-state index contributed by atoms with van der Waals surface area (Å²) in [7, 11) is 0. The lowest BCUT2D eigenvalue weighted by Crippen LogP contribution is -2.27. The number of benzene rings is 10. The third-order valence-corrected chi connectivity index (χ3v) is 16.6. The van der Waals surface area contributed by atoms with Crippen molar-refractivity contribution in [3.63, 3.8) is 0 Å². The predicted molar refractivity (Wildman–Crippen MR) is 319 cm³/mol. The summed E-state index contributed by atoms with van der Waals surface area (Å²) in [6.45, 7) is 13.7. The highest BCUT2D eigenvalue weighted by Crippen LogP contribution is 2.68. The van der Waals surface area contributed by atoms with Crippen LogP contribution in [0, 0.1) is 0 Å². The van der Waals surface area contributed by atoms with Crippen molar-refractivity contribution in [3.05, 3.63) is 258 Å². The molecule has 3 aromatic heterocycles. The molecular weight excluding hydrogens is 939 g/mol. The molecule has 13 aromatic rings. The Bertz CT molecular complexity index is 4290. The molecule has 0 saturated carbocycles. The van der Waals surface area contributed by atoms with E-state index in [4.69, 9.17) is 13.8 Å². The fourth-order valence-corrected chi connectivity index (χ4v) is 13.1. The van der Waals surface area contributed by atoms with Crippen LogP contribution in [0.25, 0.3) is 77.0 Å². The summed E-state index contributed by atoms with van der Waals surface area (Å²) in [5.41, 5.74) is 21.2. The molecule has 5 nitrogen and oxygen atoms in total. The molecule has 0 saturated heterocycles. The summed E-state index contributed by atoms with van der Waals surface area (Å²) in [6.07, 6.45) is 1.93. The molecule has 0 bridgehead atoms. The molecule has 1 spiro atoms. The monoisotopic (exact) mass is 993 g/mol. The second-order valence-corrected chi connectivity index (χ2v) is 23.0. The number of hydrogen-bond donors (Lipinski definition) is 0. The van der Waals surface area contributed by atoms with Gasteiger partial charge in [-0.1, -0.05) is 181 Å². The quantitative estimate of drug-likeness (QED) is 0.166. The zero-order valence-electron chi connectivity index (χ0n) is 44.0. The van der Waals surface area contributed by atoms with Gasteiger partial charge in [0, 0.05) is 61.8 Å². The highest BCUT2D eigenvalue weighted by Gasteiger charge is 2.55. The van der Waals surface area contributed by atoms with E-state index in [1.165, 1.54) is 27.8 Å². The smallest absolute Gasteiger partial charge is 0.145 e. The topological polar surface area (TPSA) is 45.7 Å². The van der Waals surface area contributed by atoms with Gasteiger partial charge in [-0.05, 0) is 129 Å². The number of furan rings is 2. The largest absolute Gasteiger partial charge is 0.455 e. The summed E-state index contributed by atoms with van der Waals surface area (Å²) in [6, 6.07) is 79.9. The molecule has 2 aliphatic rings. The third kappa shape index (κ3) is 6.50. The summed E-state index contributed by atoms with van der Waals surface area (Å²) in [5.74, 6) is 0. The van der Waals surface area contributed by atoms with Crippen molar-refractivity contribution in [3.8, 4) is 22.3 Å². The predicted octanol–water partition coefficient (Wildman–Crippen LogP) is 19.9. The van der Waals surface area contributed by atoms with E-state index < -0.39 is 5.41 Å². The summed E-state index contributed by atoms with van der Waals surface area (Å²) >= 11 is 0. The van der Waals surface area contributed by atoms with Gasteiger partial charge in [0.25, 0.3) is 0 Å². The lowest BCUT2D eigenvalue weighted by atomic mass is 9.70. The number of para-hydroxylation sites is 4. The molecule has 15 rings (SSSR count). The first-order valence-corrected chi connectivity index (χ1v) is 26.9. The molecule has 0 aliphatic heterocycles. The second kappa shape index (κ2) is 16.4. The molecule has 0 atom stereocenters. The van der Waals surface area contributed by atoms with Gasteiger partial charge in [-0.3, -0.25) is 4.98 Å². The average Bonchev–Trinajstić information content (AvgIpc) is 4.20. The van der Waals surface area contributed by atoms with E-state index in [9.17, 15) is 0 Å². The Morgan fingerprint density at radius 1 is 0.390 bits per heavy atom. The molecule has 370 valence electrons. The van der Waals surface area contributed by atoms with Gasteiger partial charge in [-0.2, -0.15) is 0 Å². The maximum Gasteiger partial charge on any atom is 0.145 e. The van der Waals surface area contributed by atoms with Crippen molar-refractivity contribution in [2.24, 2.45) is 0 Å². The van der Waals surface area contributed by atoms with Crippen molar-refractivity contribution >= 4 is 88.9 Å². The van der Waals surface area contributed by atoms with Crippen LogP contribution < -0.4 is 9.80 Å². The number of pyridine rings is 1.